The predicted octanol–water partition coefficient (Wildman–Crippen LogP) is 6.20. The molecule has 0 aliphatic rings. The van der Waals surface area contributed by atoms with E-state index in [9.17, 15) is 17.6 Å². The van der Waals surface area contributed by atoms with Crippen molar-refractivity contribution in [3.63, 3.8) is 0 Å². The van der Waals surface area contributed by atoms with E-state index in [1.54, 1.807) is 0 Å². The second-order valence-electron chi connectivity index (χ2n) is 5.89. The average Bonchev–Trinajstić information content (AvgIpc) is 2.60. The summed E-state index contributed by atoms with van der Waals surface area (Å²) in [7, 11) is 0. The van der Waals surface area contributed by atoms with Gasteiger partial charge in [0, 0.05) is 16.8 Å². The smallest absolute Gasteiger partial charge is 0.388 e. The topological polar surface area (TPSA) is 30.5 Å². The van der Waals surface area contributed by atoms with E-state index in [1.165, 1.54) is 18.2 Å². The zero-order valence-electron chi connectivity index (χ0n) is 15.1. The normalized spacial score (nSPS) is 11.0. The van der Waals surface area contributed by atoms with Gasteiger partial charge in [-0.2, -0.15) is 8.78 Å². The molecule has 0 heterocycles. The van der Waals surface area contributed by atoms with E-state index >= 15 is 0 Å². The van der Waals surface area contributed by atoms with Crippen LogP contribution in [0.1, 0.15) is 35.6 Å². The molecule has 2 aromatic carbocycles. The number of ether oxygens (including phenoxy) is 2. The number of hydrogen-bond acceptors (Lipinski definition) is 3. The van der Waals surface area contributed by atoms with E-state index in [0.29, 0.717) is 17.0 Å². The zero-order chi connectivity index (χ0) is 20.0. The molecule has 2 aromatic rings. The minimum absolute atomic E-state index is 0.0306. The molecule has 0 radical (unpaired) electrons. The Kier molecular flexibility index (Phi) is 7.10. The maximum Gasteiger partial charge on any atom is 0.388 e. The van der Waals surface area contributed by atoms with E-state index in [-0.39, 0.29) is 18.1 Å². The van der Waals surface area contributed by atoms with Crippen LogP contribution in [0.25, 0.3) is 0 Å². The Hall–Kier alpha value is -2.70. The number of aryl methyl sites for hydroxylation is 2. The zero-order valence-corrected chi connectivity index (χ0v) is 15.1. The molecular formula is C20H21F4NO2. The summed E-state index contributed by atoms with van der Waals surface area (Å²) in [6.45, 7) is 4.20. The van der Waals surface area contributed by atoms with Gasteiger partial charge in [0.2, 0.25) is 0 Å². The predicted molar refractivity (Wildman–Crippen MR) is 96.1 cm³/mol. The first kappa shape index (κ1) is 20.6. The molecule has 0 aliphatic carbocycles. The first-order valence-electron chi connectivity index (χ1n) is 8.34. The number of anilines is 1. The van der Waals surface area contributed by atoms with Crippen LogP contribution in [0.2, 0.25) is 0 Å². The maximum absolute atomic E-state index is 13.0. The van der Waals surface area contributed by atoms with Crippen molar-refractivity contribution in [2.45, 2.75) is 39.9 Å². The lowest BCUT2D eigenvalue weighted by molar-refractivity contribution is -0.0938. The Balaban J connectivity index is 2.21. The Morgan fingerprint density at radius 2 is 1.85 bits per heavy atom. The molecule has 0 atom stereocenters. The number of benzene rings is 2. The van der Waals surface area contributed by atoms with Gasteiger partial charge in [-0.15, -0.1) is 0 Å². The quantitative estimate of drug-likeness (QED) is 0.413. The molecule has 0 aliphatic heterocycles. The molecule has 1 N–H and O–H groups in total. The van der Waals surface area contributed by atoms with Gasteiger partial charge in [-0.1, -0.05) is 25.1 Å². The third kappa shape index (κ3) is 5.91. The molecule has 0 aromatic heterocycles. The maximum atomic E-state index is 13.0. The van der Waals surface area contributed by atoms with Crippen molar-refractivity contribution in [1.29, 1.82) is 0 Å². The molecule has 2 rings (SSSR count). The van der Waals surface area contributed by atoms with Crippen LogP contribution in [0.5, 0.6) is 5.75 Å². The Bertz CT molecular complexity index is 794. The van der Waals surface area contributed by atoms with Gasteiger partial charge in [0.1, 0.15) is 12.4 Å². The van der Waals surface area contributed by atoms with E-state index in [0.717, 1.165) is 17.5 Å². The van der Waals surface area contributed by atoms with Crippen LogP contribution >= 0.6 is 0 Å². The van der Waals surface area contributed by atoms with Crippen molar-refractivity contribution in [1.82, 2.24) is 0 Å². The monoisotopic (exact) mass is 383 g/mol. The summed E-state index contributed by atoms with van der Waals surface area (Å²) < 4.78 is 60.5. The van der Waals surface area contributed by atoms with Gasteiger partial charge >= 0.3 is 6.61 Å². The summed E-state index contributed by atoms with van der Waals surface area (Å²) >= 11 is 0. The summed E-state index contributed by atoms with van der Waals surface area (Å²) in [6, 6.07) is 9.55. The minimum atomic E-state index is -3.04. The van der Waals surface area contributed by atoms with Gasteiger partial charge < -0.3 is 14.8 Å². The highest BCUT2D eigenvalue weighted by molar-refractivity contribution is 5.55. The first-order chi connectivity index (χ1) is 12.8. The fraction of sp³-hybridized carbons (Fsp3) is 0.300. The molecule has 0 bridgehead atoms. The van der Waals surface area contributed by atoms with Gasteiger partial charge in [-0.3, -0.25) is 0 Å². The van der Waals surface area contributed by atoms with Crippen LogP contribution in [0, 0.1) is 6.92 Å². The molecule has 0 spiro atoms. The summed E-state index contributed by atoms with van der Waals surface area (Å²) in [5.74, 6) is 0.225. The Labute approximate surface area is 155 Å². The van der Waals surface area contributed by atoms with Gasteiger partial charge in [0.05, 0.1) is 0 Å². The highest BCUT2D eigenvalue weighted by Gasteiger charge is 2.14. The average molecular weight is 383 g/mol. The number of nitrogens with one attached hydrogen (secondary N) is 1. The van der Waals surface area contributed by atoms with Crippen molar-refractivity contribution in [3.8, 4) is 5.75 Å². The highest BCUT2D eigenvalue weighted by Crippen LogP contribution is 2.28. The molecule has 0 fully saturated rings. The standard InChI is InChI=1S/C20H21F4NO2/c1-4-14-5-8-18(12(2)9-14)26-11-16-10-15(19(21)22)6-7-17(16)25-13(3)27-20(23)24/h5-10,19-20,25H,3-4,11H2,1-2H3. The second kappa shape index (κ2) is 9.30. The minimum Gasteiger partial charge on any atom is -0.489 e. The van der Waals surface area contributed by atoms with Crippen molar-refractivity contribution in [2.75, 3.05) is 5.32 Å². The lowest BCUT2D eigenvalue weighted by Gasteiger charge is -2.17. The van der Waals surface area contributed by atoms with Gasteiger partial charge in [0.25, 0.3) is 6.43 Å². The van der Waals surface area contributed by atoms with E-state index in [2.05, 4.69) is 16.6 Å². The summed E-state index contributed by atoms with van der Waals surface area (Å²) in [5, 5.41) is 2.56. The Morgan fingerprint density at radius 1 is 1.11 bits per heavy atom. The fourth-order valence-electron chi connectivity index (χ4n) is 2.53. The van der Waals surface area contributed by atoms with Gasteiger partial charge in [-0.05, 0) is 49.2 Å². The molecule has 0 unspecified atom stereocenters. The van der Waals surface area contributed by atoms with Crippen LogP contribution in [0.3, 0.4) is 0 Å². The largest absolute Gasteiger partial charge is 0.489 e. The van der Waals surface area contributed by atoms with Crippen LogP contribution in [0.15, 0.2) is 48.9 Å². The second-order valence-corrected chi connectivity index (χ2v) is 5.89. The first-order valence-corrected chi connectivity index (χ1v) is 8.34. The van der Waals surface area contributed by atoms with Crippen LogP contribution < -0.4 is 10.1 Å². The molecule has 27 heavy (non-hydrogen) atoms. The van der Waals surface area contributed by atoms with Crippen molar-refractivity contribution >= 4 is 5.69 Å². The van der Waals surface area contributed by atoms with Gasteiger partial charge in [-0.25, -0.2) is 8.78 Å². The molecule has 0 saturated heterocycles. The van der Waals surface area contributed by atoms with Crippen LogP contribution in [-0.2, 0) is 17.8 Å². The van der Waals surface area contributed by atoms with Gasteiger partial charge in [0.15, 0.2) is 5.88 Å². The molecule has 3 nitrogen and oxygen atoms in total. The number of rotatable bonds is 9. The SMILES string of the molecule is C=C(Nc1ccc(C(F)F)cc1COc1ccc(CC)cc1C)OC(F)F. The summed E-state index contributed by atoms with van der Waals surface area (Å²) in [5.41, 5.74) is 2.54. The van der Waals surface area contributed by atoms with Crippen molar-refractivity contribution in [3.05, 3.63) is 71.1 Å². The van der Waals surface area contributed by atoms with Crippen molar-refractivity contribution < 1.29 is 27.0 Å². The van der Waals surface area contributed by atoms with E-state index in [4.69, 9.17) is 4.74 Å². The Morgan fingerprint density at radius 3 is 2.44 bits per heavy atom. The molecule has 146 valence electrons. The number of hydrogen-bond donors (Lipinski definition) is 1. The highest BCUT2D eigenvalue weighted by atomic mass is 19.3. The van der Waals surface area contributed by atoms with Crippen LogP contribution in [-0.4, -0.2) is 6.61 Å². The molecule has 0 saturated carbocycles. The number of halogens is 4. The van der Waals surface area contributed by atoms with Crippen molar-refractivity contribution in [2.24, 2.45) is 0 Å². The van der Waals surface area contributed by atoms with Crippen LogP contribution in [0.4, 0.5) is 23.2 Å². The lowest BCUT2D eigenvalue weighted by Crippen LogP contribution is -2.10. The molecular weight excluding hydrogens is 362 g/mol. The van der Waals surface area contributed by atoms with E-state index in [1.807, 2.05) is 32.0 Å². The fourth-order valence-corrected chi connectivity index (χ4v) is 2.53. The molecule has 7 heteroatoms. The summed E-state index contributed by atoms with van der Waals surface area (Å²) in [4.78, 5) is 0. The lowest BCUT2D eigenvalue weighted by atomic mass is 10.1. The third-order valence-electron chi connectivity index (χ3n) is 3.92. The van der Waals surface area contributed by atoms with E-state index < -0.39 is 13.0 Å². The summed E-state index contributed by atoms with van der Waals surface area (Å²) in [6.07, 6.45) is -1.78. The number of alkyl halides is 4. The third-order valence-corrected chi connectivity index (χ3v) is 3.92. The molecule has 0 amide bonds.